The van der Waals surface area contributed by atoms with Crippen LogP contribution < -0.4 is 21.3 Å². The molecule has 13 heteroatoms. The number of rotatable bonds is 29. The van der Waals surface area contributed by atoms with Gasteiger partial charge in [0.1, 0.15) is 18.7 Å². The lowest BCUT2D eigenvalue weighted by Gasteiger charge is -2.23. The number of carbonyl (C=O) groups excluding carboxylic acids is 4. The Morgan fingerprint density at radius 2 is 1.30 bits per heavy atom. The summed E-state index contributed by atoms with van der Waals surface area (Å²) in [5.41, 5.74) is 10.2. The summed E-state index contributed by atoms with van der Waals surface area (Å²) in [6.45, 7) is 5.92. The number of nitrogens with zero attached hydrogens (tertiary/aromatic N) is 3. The van der Waals surface area contributed by atoms with Crippen LogP contribution in [-0.4, -0.2) is 62.1 Å². The first kappa shape index (κ1) is 44.6. The molecule has 2 atom stereocenters. The zero-order chi connectivity index (χ0) is 38.4. The summed E-state index contributed by atoms with van der Waals surface area (Å²) in [6.07, 6.45) is 9.90. The molecule has 0 aliphatic carbocycles. The number of ether oxygens (including phenoxy) is 2. The van der Waals surface area contributed by atoms with Gasteiger partial charge in [-0.2, -0.15) is 0 Å². The second kappa shape index (κ2) is 28.9. The predicted molar refractivity (Wildman–Crippen MR) is 206 cm³/mol. The van der Waals surface area contributed by atoms with Crippen molar-refractivity contribution < 1.29 is 28.7 Å². The second-order valence-corrected chi connectivity index (χ2v) is 13.7. The summed E-state index contributed by atoms with van der Waals surface area (Å²) in [6, 6.07) is 17.2. The summed E-state index contributed by atoms with van der Waals surface area (Å²) in [5.74, 6) is -0.618. The zero-order valence-electron chi connectivity index (χ0n) is 31.7. The van der Waals surface area contributed by atoms with E-state index in [0.717, 1.165) is 62.5 Å². The molecule has 0 heterocycles. The number of amides is 4. The Bertz CT molecular complexity index is 1360. The first-order valence-corrected chi connectivity index (χ1v) is 19.2. The van der Waals surface area contributed by atoms with Gasteiger partial charge in [-0.1, -0.05) is 118 Å². The van der Waals surface area contributed by atoms with Gasteiger partial charge < -0.3 is 30.7 Å². The predicted octanol–water partition coefficient (Wildman–Crippen LogP) is 7.25. The largest absolute Gasteiger partial charge is 0.445 e. The lowest BCUT2D eigenvalue weighted by Crippen LogP contribution is -2.55. The van der Waals surface area contributed by atoms with E-state index in [9.17, 15) is 19.2 Å². The first-order valence-electron chi connectivity index (χ1n) is 19.2. The third-order valence-electron chi connectivity index (χ3n) is 8.58. The molecule has 4 N–H and O–H groups in total. The Labute approximate surface area is 315 Å². The number of unbranched alkanes of at least 4 members (excludes halogenated alkanes) is 8. The average Bonchev–Trinajstić information content (AvgIpc) is 3.15. The van der Waals surface area contributed by atoms with Crippen molar-refractivity contribution in [2.45, 2.75) is 123 Å². The fourth-order valence-corrected chi connectivity index (χ4v) is 5.48. The van der Waals surface area contributed by atoms with Crippen LogP contribution in [-0.2, 0) is 37.1 Å². The number of nitrogens with one attached hydrogen (secondary N) is 4. The summed E-state index contributed by atoms with van der Waals surface area (Å²) in [4.78, 5) is 54.8. The van der Waals surface area contributed by atoms with Gasteiger partial charge in [-0.05, 0) is 61.1 Å². The van der Waals surface area contributed by atoms with Gasteiger partial charge in [-0.3, -0.25) is 14.4 Å². The normalized spacial score (nSPS) is 11.9. The molecule has 0 aliphatic heterocycles. The molecule has 0 spiro atoms. The van der Waals surface area contributed by atoms with Crippen molar-refractivity contribution in [2.75, 3.05) is 26.2 Å². The zero-order valence-corrected chi connectivity index (χ0v) is 31.7. The first-order chi connectivity index (χ1) is 25.8. The third-order valence-corrected chi connectivity index (χ3v) is 8.58. The Kier molecular flexibility index (Phi) is 24.3. The van der Waals surface area contributed by atoms with Crippen molar-refractivity contribution in [3.8, 4) is 0 Å². The molecule has 0 aromatic heterocycles. The van der Waals surface area contributed by atoms with Crippen molar-refractivity contribution in [1.29, 1.82) is 0 Å². The van der Waals surface area contributed by atoms with Crippen molar-refractivity contribution >= 4 is 23.8 Å². The van der Waals surface area contributed by atoms with Crippen LogP contribution in [0.4, 0.5) is 4.79 Å². The highest BCUT2D eigenvalue weighted by Gasteiger charge is 2.27. The van der Waals surface area contributed by atoms with Crippen LogP contribution in [0, 0.1) is 5.92 Å². The highest BCUT2D eigenvalue weighted by atomic mass is 16.5. The third kappa shape index (κ3) is 22.8. The lowest BCUT2D eigenvalue weighted by atomic mass is 10.1. The molecule has 292 valence electrons. The quantitative estimate of drug-likeness (QED) is 0.0295. The van der Waals surface area contributed by atoms with Gasteiger partial charge in [0.15, 0.2) is 0 Å². The van der Waals surface area contributed by atoms with E-state index in [1.807, 2.05) is 60.7 Å². The van der Waals surface area contributed by atoms with Gasteiger partial charge in [0.05, 0.1) is 13.2 Å². The standard InChI is InChI=1S/C40H61N7O6/c1-32(2)25-28-42-38(49)35(23-16-18-26-43-40(51)53-30-34-21-13-10-14-22-34)46-39(50)36(31-52-29-33-19-11-9-12-20-33)45-37(48)24-15-7-5-3-4-6-8-17-27-44-47-41/h9-14,19-22,32,35-36H,3-8,15-18,23-31H2,1-2H3,(H,42,49)(H,43,51)(H,45,48)(H,46,50)/t35-,36-/m0/s1. The van der Waals surface area contributed by atoms with Crippen molar-refractivity contribution in [1.82, 2.24) is 21.3 Å². The van der Waals surface area contributed by atoms with Crippen LogP contribution in [0.1, 0.15) is 108 Å². The highest BCUT2D eigenvalue weighted by Crippen LogP contribution is 2.11. The minimum atomic E-state index is -0.983. The van der Waals surface area contributed by atoms with E-state index in [1.165, 1.54) is 0 Å². The van der Waals surface area contributed by atoms with E-state index in [-0.39, 0.29) is 38.1 Å². The van der Waals surface area contributed by atoms with E-state index in [1.54, 1.807) is 0 Å². The van der Waals surface area contributed by atoms with Gasteiger partial charge in [0, 0.05) is 31.0 Å². The number of alkyl carbamates (subject to hydrolysis) is 1. The molecular formula is C40H61N7O6. The van der Waals surface area contributed by atoms with E-state index in [0.29, 0.717) is 51.2 Å². The van der Waals surface area contributed by atoms with Crippen LogP contribution in [0.25, 0.3) is 10.4 Å². The van der Waals surface area contributed by atoms with Crippen molar-refractivity contribution in [3.05, 3.63) is 82.2 Å². The SMILES string of the molecule is CC(C)CCNC(=O)[C@H](CCCCNC(=O)OCc1ccccc1)NC(=O)[C@H](COCc1ccccc1)NC(=O)CCCCCCCCCCN=[N+]=[N-]. The molecule has 13 nitrogen and oxygen atoms in total. The molecule has 4 amide bonds. The Morgan fingerprint density at radius 3 is 1.94 bits per heavy atom. The van der Waals surface area contributed by atoms with Gasteiger partial charge in [0.25, 0.3) is 0 Å². The number of benzene rings is 2. The van der Waals surface area contributed by atoms with Crippen LogP contribution in [0.3, 0.4) is 0 Å². The second-order valence-electron chi connectivity index (χ2n) is 13.7. The van der Waals surface area contributed by atoms with Crippen molar-refractivity contribution in [3.63, 3.8) is 0 Å². The Morgan fingerprint density at radius 1 is 0.679 bits per heavy atom. The molecular weight excluding hydrogens is 674 g/mol. The monoisotopic (exact) mass is 735 g/mol. The minimum absolute atomic E-state index is 0.0527. The molecule has 0 bridgehead atoms. The van der Waals surface area contributed by atoms with Gasteiger partial charge >= 0.3 is 6.09 Å². The smallest absolute Gasteiger partial charge is 0.407 e. The maximum absolute atomic E-state index is 13.7. The molecule has 0 saturated heterocycles. The Balaban J connectivity index is 1.90. The highest BCUT2D eigenvalue weighted by molar-refractivity contribution is 5.92. The summed E-state index contributed by atoms with van der Waals surface area (Å²) in [7, 11) is 0. The molecule has 0 saturated carbocycles. The van der Waals surface area contributed by atoms with Crippen LogP contribution in [0.5, 0.6) is 0 Å². The van der Waals surface area contributed by atoms with Crippen LogP contribution in [0.15, 0.2) is 65.8 Å². The molecule has 2 aromatic carbocycles. The molecule has 0 fully saturated rings. The average molecular weight is 736 g/mol. The lowest BCUT2D eigenvalue weighted by molar-refractivity contribution is -0.133. The van der Waals surface area contributed by atoms with E-state index in [2.05, 4.69) is 45.1 Å². The van der Waals surface area contributed by atoms with Gasteiger partial charge in [0.2, 0.25) is 17.7 Å². The van der Waals surface area contributed by atoms with E-state index < -0.39 is 24.1 Å². The van der Waals surface area contributed by atoms with Crippen LogP contribution >= 0.6 is 0 Å². The van der Waals surface area contributed by atoms with Gasteiger partial charge in [-0.15, -0.1) is 0 Å². The fraction of sp³-hybridized carbons (Fsp3) is 0.600. The topological polar surface area (TPSA) is 184 Å². The Hall–Kier alpha value is -4.61. The number of hydrogen-bond acceptors (Lipinski definition) is 7. The van der Waals surface area contributed by atoms with Crippen molar-refractivity contribution in [2.24, 2.45) is 11.0 Å². The molecule has 0 radical (unpaired) electrons. The molecule has 53 heavy (non-hydrogen) atoms. The van der Waals surface area contributed by atoms with E-state index in [4.69, 9.17) is 15.0 Å². The maximum Gasteiger partial charge on any atom is 0.407 e. The van der Waals surface area contributed by atoms with Crippen LogP contribution in [0.2, 0.25) is 0 Å². The number of hydrogen-bond donors (Lipinski definition) is 4. The summed E-state index contributed by atoms with van der Waals surface area (Å²) in [5, 5.41) is 15.0. The molecule has 2 rings (SSSR count). The minimum Gasteiger partial charge on any atom is -0.445 e. The maximum atomic E-state index is 13.7. The number of azide groups is 1. The summed E-state index contributed by atoms with van der Waals surface area (Å²) >= 11 is 0. The van der Waals surface area contributed by atoms with E-state index >= 15 is 0 Å². The summed E-state index contributed by atoms with van der Waals surface area (Å²) < 4.78 is 11.1. The van der Waals surface area contributed by atoms with Gasteiger partial charge in [-0.25, -0.2) is 4.79 Å². The molecule has 0 unspecified atom stereocenters. The molecule has 0 aliphatic rings. The fourth-order valence-electron chi connectivity index (χ4n) is 5.48. The number of carbonyl (C=O) groups is 4. The molecule has 2 aromatic rings.